The summed E-state index contributed by atoms with van der Waals surface area (Å²) >= 11 is 0. The molecule has 1 saturated carbocycles. The number of nitrogens with two attached hydrogens (primary N) is 1. The van der Waals surface area contributed by atoms with Gasteiger partial charge in [0.05, 0.1) is 5.54 Å². The van der Waals surface area contributed by atoms with Crippen molar-refractivity contribution >= 4 is 11.9 Å². The van der Waals surface area contributed by atoms with Gasteiger partial charge in [-0.15, -0.1) is 0 Å². The van der Waals surface area contributed by atoms with E-state index in [1.807, 2.05) is 20.8 Å². The van der Waals surface area contributed by atoms with Crippen LogP contribution in [-0.2, 0) is 0 Å². The zero-order chi connectivity index (χ0) is 13.8. The molecule has 0 bridgehead atoms. The van der Waals surface area contributed by atoms with Crippen LogP contribution in [0.1, 0.15) is 59.3 Å². The molecule has 2 amide bonds. The molecule has 0 unspecified atom stereocenters. The summed E-state index contributed by atoms with van der Waals surface area (Å²) in [6.45, 7) is 5.79. The average Bonchev–Trinajstić information content (AvgIpc) is 2.41. The molecule has 1 rings (SSSR count). The van der Waals surface area contributed by atoms with E-state index in [0.717, 1.165) is 38.5 Å². The lowest BCUT2D eigenvalue weighted by Gasteiger charge is -2.34. The normalized spacial score (nSPS) is 19.7. The quantitative estimate of drug-likeness (QED) is 0.345. The minimum Gasteiger partial charge on any atom is -0.386 e. The number of urea groups is 1. The lowest BCUT2D eigenvalue weighted by Crippen LogP contribution is -2.61. The van der Waals surface area contributed by atoms with Gasteiger partial charge >= 0.3 is 6.03 Å². The Morgan fingerprint density at radius 2 is 1.67 bits per heavy atom. The fourth-order valence-corrected chi connectivity index (χ4v) is 2.38. The standard InChI is InChI=1S/C13H26N4O/c1-12(2,3)16-11(18)17-13(10(14)15)8-6-4-5-7-9-13/h4-9H2,1-3H3,(H3,14,15)(H2,16,17,18). The van der Waals surface area contributed by atoms with E-state index < -0.39 is 5.54 Å². The molecule has 0 aromatic heterocycles. The van der Waals surface area contributed by atoms with Gasteiger partial charge in [-0.3, -0.25) is 5.41 Å². The third-order valence-corrected chi connectivity index (χ3v) is 3.31. The predicted octanol–water partition coefficient (Wildman–Crippen LogP) is 2.11. The number of carbonyl (C=O) groups excluding carboxylic acids is 1. The van der Waals surface area contributed by atoms with Crippen LogP contribution in [-0.4, -0.2) is 22.9 Å². The highest BCUT2D eigenvalue weighted by Crippen LogP contribution is 2.27. The van der Waals surface area contributed by atoms with Crippen molar-refractivity contribution in [1.29, 1.82) is 5.41 Å². The molecule has 1 aliphatic carbocycles. The summed E-state index contributed by atoms with van der Waals surface area (Å²) in [7, 11) is 0. The average molecular weight is 254 g/mol. The van der Waals surface area contributed by atoms with Gasteiger partial charge in [-0.25, -0.2) is 4.79 Å². The first kappa shape index (κ1) is 14.8. The third kappa shape index (κ3) is 4.20. The number of carbonyl (C=O) groups is 1. The highest BCUT2D eigenvalue weighted by atomic mass is 16.2. The van der Waals surface area contributed by atoms with Crippen LogP contribution in [0.3, 0.4) is 0 Å². The lowest BCUT2D eigenvalue weighted by atomic mass is 9.89. The van der Waals surface area contributed by atoms with Crippen LogP contribution in [0.2, 0.25) is 0 Å². The summed E-state index contributed by atoms with van der Waals surface area (Å²) in [6.07, 6.45) is 5.85. The third-order valence-electron chi connectivity index (χ3n) is 3.31. The van der Waals surface area contributed by atoms with Crippen molar-refractivity contribution in [2.24, 2.45) is 5.73 Å². The van der Waals surface area contributed by atoms with E-state index in [1.165, 1.54) is 0 Å². The number of hydrogen-bond donors (Lipinski definition) is 4. The number of rotatable bonds is 2. The van der Waals surface area contributed by atoms with E-state index in [2.05, 4.69) is 10.6 Å². The second kappa shape index (κ2) is 5.59. The van der Waals surface area contributed by atoms with Crippen LogP contribution in [0.15, 0.2) is 0 Å². The van der Waals surface area contributed by atoms with E-state index in [0.29, 0.717) is 0 Å². The largest absolute Gasteiger partial charge is 0.386 e. The molecule has 5 N–H and O–H groups in total. The summed E-state index contributed by atoms with van der Waals surface area (Å²) in [5, 5.41) is 13.6. The highest BCUT2D eigenvalue weighted by molar-refractivity contribution is 5.91. The van der Waals surface area contributed by atoms with E-state index >= 15 is 0 Å². The molecule has 5 heteroatoms. The minimum absolute atomic E-state index is 0.0773. The second-order valence-electron chi connectivity index (χ2n) is 6.24. The first-order chi connectivity index (χ1) is 8.25. The Morgan fingerprint density at radius 3 is 2.06 bits per heavy atom. The minimum atomic E-state index is -0.647. The van der Waals surface area contributed by atoms with Crippen LogP contribution < -0.4 is 16.4 Å². The smallest absolute Gasteiger partial charge is 0.315 e. The molecular formula is C13H26N4O. The van der Waals surface area contributed by atoms with Crippen molar-refractivity contribution in [3.63, 3.8) is 0 Å². The Morgan fingerprint density at radius 1 is 1.17 bits per heavy atom. The maximum Gasteiger partial charge on any atom is 0.315 e. The molecular weight excluding hydrogens is 228 g/mol. The molecule has 1 aliphatic rings. The number of nitrogens with one attached hydrogen (secondary N) is 3. The maximum absolute atomic E-state index is 12.0. The van der Waals surface area contributed by atoms with Gasteiger partial charge in [-0.05, 0) is 33.6 Å². The molecule has 0 saturated heterocycles. The predicted molar refractivity (Wildman–Crippen MR) is 73.8 cm³/mol. The summed E-state index contributed by atoms with van der Waals surface area (Å²) in [6, 6.07) is -0.236. The van der Waals surface area contributed by atoms with Crippen molar-refractivity contribution in [3.05, 3.63) is 0 Å². The number of hydrogen-bond acceptors (Lipinski definition) is 2. The first-order valence-corrected chi connectivity index (χ1v) is 6.70. The topological polar surface area (TPSA) is 91.0 Å². The van der Waals surface area contributed by atoms with Crippen molar-refractivity contribution in [1.82, 2.24) is 10.6 Å². The van der Waals surface area contributed by atoms with Gasteiger partial charge in [-0.2, -0.15) is 0 Å². The zero-order valence-corrected chi connectivity index (χ0v) is 11.7. The summed E-state index contributed by atoms with van der Waals surface area (Å²) in [4.78, 5) is 12.0. The van der Waals surface area contributed by atoms with Gasteiger partial charge in [0.2, 0.25) is 0 Å². The lowest BCUT2D eigenvalue weighted by molar-refractivity contribution is 0.221. The highest BCUT2D eigenvalue weighted by Gasteiger charge is 2.36. The van der Waals surface area contributed by atoms with Crippen LogP contribution in [0.5, 0.6) is 0 Å². The molecule has 104 valence electrons. The van der Waals surface area contributed by atoms with Crippen molar-refractivity contribution in [2.75, 3.05) is 0 Å². The second-order valence-corrected chi connectivity index (χ2v) is 6.24. The molecule has 0 atom stereocenters. The molecule has 0 aromatic rings. The number of amides is 2. The molecule has 0 spiro atoms. The number of amidine groups is 1. The van der Waals surface area contributed by atoms with E-state index in [9.17, 15) is 4.79 Å². The van der Waals surface area contributed by atoms with Gasteiger partial charge in [0.25, 0.3) is 0 Å². The van der Waals surface area contributed by atoms with Crippen LogP contribution in [0.4, 0.5) is 4.79 Å². The summed E-state index contributed by atoms with van der Waals surface area (Å²) < 4.78 is 0. The molecule has 0 aliphatic heterocycles. The van der Waals surface area contributed by atoms with E-state index in [4.69, 9.17) is 11.1 Å². The SMILES string of the molecule is CC(C)(C)NC(=O)NC1(C(=N)N)CCCCCC1. The van der Waals surface area contributed by atoms with E-state index in [-0.39, 0.29) is 17.4 Å². The van der Waals surface area contributed by atoms with Crippen LogP contribution in [0, 0.1) is 5.41 Å². The van der Waals surface area contributed by atoms with Gasteiger partial charge in [0, 0.05) is 5.54 Å². The monoisotopic (exact) mass is 254 g/mol. The van der Waals surface area contributed by atoms with Crippen molar-refractivity contribution < 1.29 is 4.79 Å². The van der Waals surface area contributed by atoms with E-state index in [1.54, 1.807) is 0 Å². The van der Waals surface area contributed by atoms with Crippen LogP contribution in [0.25, 0.3) is 0 Å². The fraction of sp³-hybridized carbons (Fsp3) is 0.846. The molecule has 0 radical (unpaired) electrons. The van der Waals surface area contributed by atoms with Gasteiger partial charge in [-0.1, -0.05) is 25.7 Å². The summed E-state index contributed by atoms with van der Waals surface area (Å²) in [5.74, 6) is 0.0773. The Hall–Kier alpha value is -1.26. The van der Waals surface area contributed by atoms with Crippen molar-refractivity contribution in [3.8, 4) is 0 Å². The molecule has 0 heterocycles. The van der Waals surface area contributed by atoms with Gasteiger partial charge < -0.3 is 16.4 Å². The zero-order valence-electron chi connectivity index (χ0n) is 11.7. The molecule has 18 heavy (non-hydrogen) atoms. The fourth-order valence-electron chi connectivity index (χ4n) is 2.38. The Labute approximate surface area is 109 Å². The Balaban J connectivity index is 2.73. The first-order valence-electron chi connectivity index (χ1n) is 6.70. The van der Waals surface area contributed by atoms with Gasteiger partial charge in [0.1, 0.15) is 5.84 Å². The molecule has 1 fully saturated rings. The van der Waals surface area contributed by atoms with Gasteiger partial charge in [0.15, 0.2) is 0 Å². The van der Waals surface area contributed by atoms with Crippen LogP contribution >= 0.6 is 0 Å². The van der Waals surface area contributed by atoms with Crippen molar-refractivity contribution in [2.45, 2.75) is 70.4 Å². The maximum atomic E-state index is 12.0. The molecule has 5 nitrogen and oxygen atoms in total. The summed E-state index contributed by atoms with van der Waals surface area (Å²) in [5.41, 5.74) is 4.79. The molecule has 0 aromatic carbocycles. The Kier molecular flexibility index (Phi) is 4.59. The Bertz CT molecular complexity index is 311.